The molecule has 0 bridgehead atoms. The van der Waals surface area contributed by atoms with Crippen molar-refractivity contribution in [3.05, 3.63) is 126 Å². The summed E-state index contributed by atoms with van der Waals surface area (Å²) < 4.78 is 11.5. The van der Waals surface area contributed by atoms with Crippen molar-refractivity contribution in [1.82, 2.24) is 0 Å². The first kappa shape index (κ1) is 26.6. The Morgan fingerprint density at radius 1 is 0.512 bits per heavy atom. The fraction of sp³-hybridized carbons (Fsp3) is 0. The molecule has 0 aromatic heterocycles. The molecule has 0 saturated heterocycles. The summed E-state index contributed by atoms with van der Waals surface area (Å²) in [5, 5.41) is 15.7. The van der Waals surface area contributed by atoms with Gasteiger partial charge in [-0.2, -0.15) is 0 Å². The number of benzene rings is 5. The minimum Gasteiger partial charge on any atom is -0.508 e. The second-order valence-corrected chi connectivity index (χ2v) is 9.07. The Hall–Kier alpha value is -5.96. The summed E-state index contributed by atoms with van der Waals surface area (Å²) in [5.74, 6) is 1.20. The summed E-state index contributed by atoms with van der Waals surface area (Å²) in [7, 11) is 0. The SMILES string of the molecule is Nc1ccc(Oc2ccc(NC(=O)c3cc(O)cc(C(=O)Nc4ccc(Oc5ccc(N)cc5)cc4)c3)cc2)cc1. The molecule has 204 valence electrons. The largest absolute Gasteiger partial charge is 0.508 e. The molecule has 5 aromatic rings. The fourth-order valence-electron chi connectivity index (χ4n) is 3.84. The Labute approximate surface area is 236 Å². The van der Waals surface area contributed by atoms with Crippen LogP contribution in [0.2, 0.25) is 0 Å². The Balaban J connectivity index is 1.20. The number of hydrogen-bond acceptors (Lipinski definition) is 7. The highest BCUT2D eigenvalue weighted by Crippen LogP contribution is 2.26. The molecule has 0 aliphatic carbocycles. The average Bonchev–Trinajstić information content (AvgIpc) is 2.97. The van der Waals surface area contributed by atoms with Gasteiger partial charge in [0.05, 0.1) is 0 Å². The predicted molar refractivity (Wildman–Crippen MR) is 159 cm³/mol. The van der Waals surface area contributed by atoms with Crippen LogP contribution in [0.5, 0.6) is 28.7 Å². The van der Waals surface area contributed by atoms with E-state index in [9.17, 15) is 14.7 Å². The third kappa shape index (κ3) is 7.12. The van der Waals surface area contributed by atoms with Crippen LogP contribution in [-0.2, 0) is 0 Å². The molecule has 2 amide bonds. The minimum atomic E-state index is -0.494. The van der Waals surface area contributed by atoms with E-state index in [1.807, 2.05) is 0 Å². The Morgan fingerprint density at radius 2 is 0.829 bits per heavy atom. The fourth-order valence-corrected chi connectivity index (χ4v) is 3.84. The van der Waals surface area contributed by atoms with Crippen molar-refractivity contribution in [3.63, 3.8) is 0 Å². The minimum absolute atomic E-state index is 0.115. The van der Waals surface area contributed by atoms with Gasteiger partial charge in [-0.1, -0.05) is 0 Å². The molecule has 0 fully saturated rings. The van der Waals surface area contributed by atoms with Gasteiger partial charge in [-0.3, -0.25) is 9.59 Å². The lowest BCUT2D eigenvalue weighted by molar-refractivity contribution is 0.102. The maximum Gasteiger partial charge on any atom is 0.255 e. The summed E-state index contributed by atoms with van der Waals surface area (Å²) in [5.41, 5.74) is 13.9. The van der Waals surface area contributed by atoms with Crippen molar-refractivity contribution in [2.24, 2.45) is 0 Å². The van der Waals surface area contributed by atoms with Crippen LogP contribution in [0.3, 0.4) is 0 Å². The smallest absolute Gasteiger partial charge is 0.255 e. The summed E-state index contributed by atoms with van der Waals surface area (Å²) in [4.78, 5) is 25.8. The van der Waals surface area contributed by atoms with E-state index in [0.29, 0.717) is 45.7 Å². The molecule has 0 unspecified atom stereocenters. The first-order chi connectivity index (χ1) is 19.8. The van der Waals surface area contributed by atoms with Crippen molar-refractivity contribution in [1.29, 1.82) is 0 Å². The standard InChI is InChI=1S/C32H26N4O5/c33-22-1-9-27(10-2-22)40-29-13-5-24(6-14-29)35-31(38)20-17-21(19-26(37)18-20)32(39)36-25-7-15-30(16-8-25)41-28-11-3-23(34)4-12-28/h1-19,37H,33-34H2,(H,35,38)(H,36,39). The van der Waals surface area contributed by atoms with E-state index in [2.05, 4.69) is 10.6 Å². The molecule has 5 rings (SSSR count). The predicted octanol–water partition coefficient (Wildman–Crippen LogP) is 6.65. The van der Waals surface area contributed by atoms with E-state index in [1.54, 1.807) is 97.1 Å². The van der Waals surface area contributed by atoms with Gasteiger partial charge < -0.3 is 36.7 Å². The zero-order chi connectivity index (χ0) is 28.8. The summed E-state index contributed by atoms with van der Waals surface area (Å²) in [6.07, 6.45) is 0. The van der Waals surface area contributed by atoms with Gasteiger partial charge in [0.2, 0.25) is 0 Å². The van der Waals surface area contributed by atoms with Crippen LogP contribution in [0.25, 0.3) is 0 Å². The number of nitrogens with one attached hydrogen (secondary N) is 2. The molecular formula is C32H26N4O5. The number of rotatable bonds is 8. The number of carbonyl (C=O) groups excluding carboxylic acids is 2. The zero-order valence-electron chi connectivity index (χ0n) is 21.7. The molecule has 0 spiro atoms. The van der Waals surface area contributed by atoms with Gasteiger partial charge in [-0.25, -0.2) is 0 Å². The number of phenols is 1. The molecule has 0 saturated carbocycles. The Morgan fingerprint density at radius 3 is 1.17 bits per heavy atom. The number of anilines is 4. The topological polar surface area (TPSA) is 149 Å². The van der Waals surface area contributed by atoms with Crippen LogP contribution in [0.4, 0.5) is 22.7 Å². The van der Waals surface area contributed by atoms with Gasteiger partial charge >= 0.3 is 0 Å². The molecule has 9 nitrogen and oxygen atoms in total. The monoisotopic (exact) mass is 546 g/mol. The lowest BCUT2D eigenvalue weighted by Gasteiger charge is -2.11. The number of ether oxygens (including phenoxy) is 2. The van der Waals surface area contributed by atoms with Crippen molar-refractivity contribution in [3.8, 4) is 28.7 Å². The second-order valence-electron chi connectivity index (χ2n) is 9.07. The first-order valence-corrected chi connectivity index (χ1v) is 12.5. The highest BCUT2D eigenvalue weighted by atomic mass is 16.5. The van der Waals surface area contributed by atoms with E-state index in [4.69, 9.17) is 20.9 Å². The van der Waals surface area contributed by atoms with Crippen molar-refractivity contribution in [2.45, 2.75) is 0 Å². The molecule has 0 heterocycles. The zero-order valence-corrected chi connectivity index (χ0v) is 21.7. The van der Waals surface area contributed by atoms with Gasteiger partial charge in [0.25, 0.3) is 11.8 Å². The quantitative estimate of drug-likeness (QED) is 0.137. The molecule has 0 radical (unpaired) electrons. The normalized spacial score (nSPS) is 10.4. The van der Waals surface area contributed by atoms with Crippen LogP contribution < -0.4 is 31.6 Å². The number of phenolic OH excluding ortho intramolecular Hbond substituents is 1. The highest BCUT2D eigenvalue weighted by Gasteiger charge is 2.14. The maximum absolute atomic E-state index is 12.9. The number of carbonyl (C=O) groups is 2. The summed E-state index contributed by atoms with van der Waals surface area (Å²) in [6.45, 7) is 0. The number of hydrogen-bond donors (Lipinski definition) is 5. The molecule has 0 aliphatic heterocycles. The molecule has 0 aliphatic rings. The highest BCUT2D eigenvalue weighted by molar-refractivity contribution is 6.09. The molecule has 7 N–H and O–H groups in total. The van der Waals surface area contributed by atoms with Crippen molar-refractivity contribution >= 4 is 34.6 Å². The number of aromatic hydroxyl groups is 1. The van der Waals surface area contributed by atoms with Gasteiger partial charge in [0, 0.05) is 33.9 Å². The maximum atomic E-state index is 12.9. The van der Waals surface area contributed by atoms with E-state index in [-0.39, 0.29) is 16.9 Å². The molecule has 0 atom stereocenters. The average molecular weight is 547 g/mol. The van der Waals surface area contributed by atoms with Crippen LogP contribution in [0, 0.1) is 0 Å². The van der Waals surface area contributed by atoms with Gasteiger partial charge in [0.1, 0.15) is 28.7 Å². The molecule has 5 aromatic carbocycles. The van der Waals surface area contributed by atoms with Crippen molar-refractivity contribution < 1.29 is 24.2 Å². The number of nitrogen functional groups attached to an aromatic ring is 2. The lowest BCUT2D eigenvalue weighted by Crippen LogP contribution is -2.15. The van der Waals surface area contributed by atoms with Crippen LogP contribution in [-0.4, -0.2) is 16.9 Å². The first-order valence-electron chi connectivity index (χ1n) is 12.5. The third-order valence-corrected chi connectivity index (χ3v) is 5.90. The van der Waals surface area contributed by atoms with E-state index in [0.717, 1.165) is 0 Å². The van der Waals surface area contributed by atoms with E-state index in [1.165, 1.54) is 18.2 Å². The molecular weight excluding hydrogens is 520 g/mol. The molecule has 9 heteroatoms. The van der Waals surface area contributed by atoms with Crippen LogP contribution in [0.1, 0.15) is 20.7 Å². The number of nitrogens with two attached hydrogens (primary N) is 2. The van der Waals surface area contributed by atoms with Gasteiger partial charge in [-0.05, 0) is 115 Å². The van der Waals surface area contributed by atoms with Crippen molar-refractivity contribution in [2.75, 3.05) is 22.1 Å². The van der Waals surface area contributed by atoms with Crippen LogP contribution >= 0.6 is 0 Å². The second kappa shape index (κ2) is 11.8. The van der Waals surface area contributed by atoms with Crippen LogP contribution in [0.15, 0.2) is 115 Å². The summed E-state index contributed by atoms with van der Waals surface area (Å²) in [6, 6.07) is 31.5. The van der Waals surface area contributed by atoms with E-state index < -0.39 is 11.8 Å². The number of amides is 2. The Kier molecular flexibility index (Phi) is 7.69. The Bertz CT molecular complexity index is 1550. The molecule has 41 heavy (non-hydrogen) atoms. The van der Waals surface area contributed by atoms with Gasteiger partial charge in [-0.15, -0.1) is 0 Å². The van der Waals surface area contributed by atoms with E-state index >= 15 is 0 Å². The lowest BCUT2D eigenvalue weighted by atomic mass is 10.1. The summed E-state index contributed by atoms with van der Waals surface area (Å²) >= 11 is 0. The third-order valence-electron chi connectivity index (χ3n) is 5.90. The van der Waals surface area contributed by atoms with Gasteiger partial charge in [0.15, 0.2) is 0 Å².